The summed E-state index contributed by atoms with van der Waals surface area (Å²) in [6.45, 7) is 5.66. The zero-order valence-corrected chi connectivity index (χ0v) is 11.7. The van der Waals surface area contributed by atoms with Crippen LogP contribution in [0, 0.1) is 5.41 Å². The summed E-state index contributed by atoms with van der Waals surface area (Å²) in [7, 11) is 0. The van der Waals surface area contributed by atoms with Crippen molar-refractivity contribution in [2.24, 2.45) is 5.41 Å². The summed E-state index contributed by atoms with van der Waals surface area (Å²) < 4.78 is 0. The first-order chi connectivity index (χ1) is 8.86. The standard InChI is InChI=1S/C15H21NO3/c1-4-16(11-13(17)18)14(19)15(2,3)10-12-8-6-5-7-9-12/h5-9H,4,10-11H2,1-3H3,(H,17,18). The Labute approximate surface area is 114 Å². The predicted octanol–water partition coefficient (Wildman–Crippen LogP) is 2.19. The van der Waals surface area contributed by atoms with Gasteiger partial charge in [0.1, 0.15) is 6.54 Å². The van der Waals surface area contributed by atoms with E-state index in [4.69, 9.17) is 5.11 Å². The van der Waals surface area contributed by atoms with E-state index in [1.54, 1.807) is 6.92 Å². The van der Waals surface area contributed by atoms with Crippen molar-refractivity contribution in [2.45, 2.75) is 27.2 Å². The number of aliphatic carboxylic acids is 1. The molecular weight excluding hydrogens is 242 g/mol. The summed E-state index contributed by atoms with van der Waals surface area (Å²) in [6, 6.07) is 9.75. The normalized spacial score (nSPS) is 11.1. The van der Waals surface area contributed by atoms with Gasteiger partial charge in [0.2, 0.25) is 5.91 Å². The fourth-order valence-corrected chi connectivity index (χ4v) is 2.10. The molecule has 0 aliphatic heterocycles. The second-order valence-corrected chi connectivity index (χ2v) is 5.26. The Bertz CT molecular complexity index is 440. The Morgan fingerprint density at radius 2 is 1.79 bits per heavy atom. The summed E-state index contributed by atoms with van der Waals surface area (Å²) >= 11 is 0. The fraction of sp³-hybridized carbons (Fsp3) is 0.467. The summed E-state index contributed by atoms with van der Waals surface area (Å²) in [5.74, 6) is -1.10. The lowest BCUT2D eigenvalue weighted by atomic mass is 9.84. The van der Waals surface area contributed by atoms with Crippen molar-refractivity contribution in [3.63, 3.8) is 0 Å². The zero-order chi connectivity index (χ0) is 14.5. The van der Waals surface area contributed by atoms with Crippen LogP contribution in [-0.4, -0.2) is 35.0 Å². The number of amides is 1. The number of hydrogen-bond donors (Lipinski definition) is 1. The average Bonchev–Trinajstić information content (AvgIpc) is 2.35. The third-order valence-electron chi connectivity index (χ3n) is 3.06. The number of carboxylic acid groups (broad SMARTS) is 1. The molecular formula is C15H21NO3. The van der Waals surface area contributed by atoms with E-state index in [-0.39, 0.29) is 12.5 Å². The molecule has 4 heteroatoms. The summed E-state index contributed by atoms with van der Waals surface area (Å²) in [5.41, 5.74) is 0.472. The molecule has 0 aliphatic rings. The molecule has 0 aromatic heterocycles. The molecule has 1 aromatic rings. The van der Waals surface area contributed by atoms with Crippen LogP contribution in [0.3, 0.4) is 0 Å². The number of likely N-dealkylation sites (N-methyl/N-ethyl adjacent to an activating group) is 1. The van der Waals surface area contributed by atoms with Gasteiger partial charge in [-0.2, -0.15) is 0 Å². The Hall–Kier alpha value is -1.84. The maximum Gasteiger partial charge on any atom is 0.323 e. The van der Waals surface area contributed by atoms with Gasteiger partial charge in [0.05, 0.1) is 0 Å². The predicted molar refractivity (Wildman–Crippen MR) is 73.8 cm³/mol. The largest absolute Gasteiger partial charge is 0.480 e. The van der Waals surface area contributed by atoms with Crippen LogP contribution in [0.1, 0.15) is 26.3 Å². The monoisotopic (exact) mass is 263 g/mol. The third kappa shape index (κ3) is 4.39. The Balaban J connectivity index is 2.80. The molecule has 1 N–H and O–H groups in total. The molecule has 1 aromatic carbocycles. The fourth-order valence-electron chi connectivity index (χ4n) is 2.10. The first-order valence-corrected chi connectivity index (χ1v) is 6.42. The highest BCUT2D eigenvalue weighted by atomic mass is 16.4. The van der Waals surface area contributed by atoms with Crippen LogP contribution >= 0.6 is 0 Å². The highest BCUT2D eigenvalue weighted by Gasteiger charge is 2.32. The SMILES string of the molecule is CCN(CC(=O)O)C(=O)C(C)(C)Cc1ccccc1. The topological polar surface area (TPSA) is 57.6 Å². The van der Waals surface area contributed by atoms with Gasteiger partial charge < -0.3 is 10.0 Å². The average molecular weight is 263 g/mol. The molecule has 0 unspecified atom stereocenters. The molecule has 0 saturated carbocycles. The van der Waals surface area contributed by atoms with Crippen LogP contribution in [0.2, 0.25) is 0 Å². The van der Waals surface area contributed by atoms with Crippen molar-refractivity contribution < 1.29 is 14.7 Å². The van der Waals surface area contributed by atoms with E-state index in [9.17, 15) is 9.59 Å². The van der Waals surface area contributed by atoms with Crippen LogP contribution < -0.4 is 0 Å². The maximum absolute atomic E-state index is 12.4. The van der Waals surface area contributed by atoms with Gasteiger partial charge in [-0.15, -0.1) is 0 Å². The molecule has 0 fully saturated rings. The van der Waals surface area contributed by atoms with E-state index in [1.807, 2.05) is 44.2 Å². The van der Waals surface area contributed by atoms with E-state index in [1.165, 1.54) is 4.90 Å². The van der Waals surface area contributed by atoms with Crippen LogP contribution in [0.15, 0.2) is 30.3 Å². The van der Waals surface area contributed by atoms with E-state index >= 15 is 0 Å². The first kappa shape index (κ1) is 15.2. The van der Waals surface area contributed by atoms with Crippen LogP contribution in [-0.2, 0) is 16.0 Å². The van der Waals surface area contributed by atoms with Crippen molar-refractivity contribution in [1.82, 2.24) is 4.90 Å². The number of rotatable bonds is 6. The quantitative estimate of drug-likeness (QED) is 0.856. The van der Waals surface area contributed by atoms with Crippen LogP contribution in [0.5, 0.6) is 0 Å². The van der Waals surface area contributed by atoms with Crippen molar-refractivity contribution in [3.05, 3.63) is 35.9 Å². The van der Waals surface area contributed by atoms with E-state index in [0.29, 0.717) is 13.0 Å². The number of carbonyl (C=O) groups excluding carboxylic acids is 1. The van der Waals surface area contributed by atoms with Gasteiger partial charge in [-0.1, -0.05) is 44.2 Å². The molecule has 104 valence electrons. The molecule has 0 saturated heterocycles. The minimum atomic E-state index is -0.981. The van der Waals surface area contributed by atoms with Crippen molar-refractivity contribution in [1.29, 1.82) is 0 Å². The Morgan fingerprint density at radius 3 is 2.26 bits per heavy atom. The Morgan fingerprint density at radius 1 is 1.21 bits per heavy atom. The molecule has 0 bridgehead atoms. The van der Waals surface area contributed by atoms with Crippen LogP contribution in [0.25, 0.3) is 0 Å². The minimum Gasteiger partial charge on any atom is -0.480 e. The van der Waals surface area contributed by atoms with Crippen LogP contribution in [0.4, 0.5) is 0 Å². The molecule has 1 amide bonds. The molecule has 0 aliphatic carbocycles. The second-order valence-electron chi connectivity index (χ2n) is 5.26. The highest BCUT2D eigenvalue weighted by molar-refractivity contribution is 5.85. The number of hydrogen-bond acceptors (Lipinski definition) is 2. The smallest absolute Gasteiger partial charge is 0.323 e. The molecule has 0 atom stereocenters. The minimum absolute atomic E-state index is 0.124. The lowest BCUT2D eigenvalue weighted by molar-refractivity contribution is -0.148. The Kier molecular flexibility index (Phi) is 5.10. The highest BCUT2D eigenvalue weighted by Crippen LogP contribution is 2.24. The van der Waals surface area contributed by atoms with Gasteiger partial charge in [-0.05, 0) is 18.9 Å². The first-order valence-electron chi connectivity index (χ1n) is 6.42. The number of carboxylic acids is 1. The second kappa shape index (κ2) is 6.36. The van der Waals surface area contributed by atoms with Gasteiger partial charge in [0.15, 0.2) is 0 Å². The molecule has 1 rings (SSSR count). The van der Waals surface area contributed by atoms with Gasteiger partial charge in [-0.25, -0.2) is 0 Å². The molecule has 0 radical (unpaired) electrons. The van der Waals surface area contributed by atoms with Crippen molar-refractivity contribution in [2.75, 3.05) is 13.1 Å². The van der Waals surface area contributed by atoms with Gasteiger partial charge >= 0.3 is 5.97 Å². The zero-order valence-electron chi connectivity index (χ0n) is 11.7. The van der Waals surface area contributed by atoms with Crippen molar-refractivity contribution in [3.8, 4) is 0 Å². The molecule has 19 heavy (non-hydrogen) atoms. The van der Waals surface area contributed by atoms with E-state index < -0.39 is 11.4 Å². The number of carbonyl (C=O) groups is 2. The third-order valence-corrected chi connectivity index (χ3v) is 3.06. The lowest BCUT2D eigenvalue weighted by Gasteiger charge is -2.30. The summed E-state index contributed by atoms with van der Waals surface area (Å²) in [6.07, 6.45) is 0.600. The van der Waals surface area contributed by atoms with Gasteiger partial charge in [0, 0.05) is 12.0 Å². The molecule has 4 nitrogen and oxygen atoms in total. The maximum atomic E-state index is 12.4. The lowest BCUT2D eigenvalue weighted by Crippen LogP contribution is -2.44. The van der Waals surface area contributed by atoms with E-state index in [2.05, 4.69) is 0 Å². The van der Waals surface area contributed by atoms with Gasteiger partial charge in [-0.3, -0.25) is 9.59 Å². The summed E-state index contributed by atoms with van der Waals surface area (Å²) in [5, 5.41) is 8.83. The van der Waals surface area contributed by atoms with E-state index in [0.717, 1.165) is 5.56 Å². The molecule has 0 spiro atoms. The number of nitrogens with zero attached hydrogens (tertiary/aromatic N) is 1. The van der Waals surface area contributed by atoms with Gasteiger partial charge in [0.25, 0.3) is 0 Å². The van der Waals surface area contributed by atoms with Crippen molar-refractivity contribution >= 4 is 11.9 Å². The number of benzene rings is 1. The summed E-state index contributed by atoms with van der Waals surface area (Å²) in [4.78, 5) is 24.5. The molecule has 0 heterocycles.